The minimum atomic E-state index is -3.67. The Morgan fingerprint density at radius 2 is 2.10 bits per heavy atom. The first-order valence-corrected chi connectivity index (χ1v) is 8.29. The van der Waals surface area contributed by atoms with E-state index >= 15 is 0 Å². The lowest BCUT2D eigenvalue weighted by atomic mass is 10.3. The highest BCUT2D eigenvalue weighted by molar-refractivity contribution is 7.89. The molecular formula is C12H20N6O2S. The Bertz CT molecular complexity index is 703. The summed E-state index contributed by atoms with van der Waals surface area (Å²) in [5.41, 5.74) is 0. The summed E-state index contributed by atoms with van der Waals surface area (Å²) in [6.45, 7) is 7.60. The summed E-state index contributed by atoms with van der Waals surface area (Å²) in [4.78, 5) is 6.80. The fourth-order valence-corrected chi connectivity index (χ4v) is 3.11. The van der Waals surface area contributed by atoms with Gasteiger partial charge in [0.25, 0.3) is 10.0 Å². The monoisotopic (exact) mass is 312 g/mol. The van der Waals surface area contributed by atoms with Crippen molar-refractivity contribution in [3.63, 3.8) is 0 Å². The van der Waals surface area contributed by atoms with Crippen LogP contribution in [0.25, 0.3) is 0 Å². The highest BCUT2D eigenvalue weighted by Crippen LogP contribution is 2.17. The van der Waals surface area contributed by atoms with E-state index < -0.39 is 16.1 Å². The van der Waals surface area contributed by atoms with Crippen LogP contribution in [-0.2, 0) is 16.4 Å². The molecule has 0 saturated carbocycles. The molecule has 21 heavy (non-hydrogen) atoms. The van der Waals surface area contributed by atoms with Gasteiger partial charge in [-0.3, -0.25) is 0 Å². The Hall–Kier alpha value is -1.74. The molecule has 1 atom stereocenters. The first-order chi connectivity index (χ1) is 9.85. The topological polar surface area (TPSA) is 106 Å². The second kappa shape index (κ2) is 5.94. The van der Waals surface area contributed by atoms with E-state index in [9.17, 15) is 8.42 Å². The molecule has 2 rings (SSSR count). The SMILES string of the molecule is CCc1ncc(S(=O)(=O)NC(C)c2nncn2C(C)C)[nH]1. The highest BCUT2D eigenvalue weighted by atomic mass is 32.2. The largest absolute Gasteiger partial charge is 0.332 e. The van der Waals surface area contributed by atoms with Crippen LogP contribution >= 0.6 is 0 Å². The summed E-state index contributed by atoms with van der Waals surface area (Å²) in [7, 11) is -3.67. The fraction of sp³-hybridized carbons (Fsp3) is 0.583. The number of imidazole rings is 1. The number of nitrogens with zero attached hydrogens (tertiary/aromatic N) is 4. The average Bonchev–Trinajstić information content (AvgIpc) is 3.07. The molecule has 0 fully saturated rings. The van der Waals surface area contributed by atoms with Crippen LogP contribution in [-0.4, -0.2) is 33.2 Å². The number of hydrogen-bond acceptors (Lipinski definition) is 5. The lowest BCUT2D eigenvalue weighted by Crippen LogP contribution is -2.29. The zero-order chi connectivity index (χ0) is 15.6. The minimum absolute atomic E-state index is 0.0572. The van der Waals surface area contributed by atoms with Crippen molar-refractivity contribution in [2.75, 3.05) is 0 Å². The summed E-state index contributed by atoms with van der Waals surface area (Å²) in [5.74, 6) is 1.21. The van der Waals surface area contributed by atoms with Gasteiger partial charge in [-0.2, -0.15) is 4.72 Å². The molecule has 2 aromatic rings. The normalized spacial score (nSPS) is 13.8. The van der Waals surface area contributed by atoms with Crippen molar-refractivity contribution < 1.29 is 8.42 Å². The van der Waals surface area contributed by atoms with Crippen LogP contribution in [0.3, 0.4) is 0 Å². The summed E-state index contributed by atoms with van der Waals surface area (Å²) in [6, 6.07) is -0.339. The zero-order valence-corrected chi connectivity index (χ0v) is 13.3. The maximum Gasteiger partial charge on any atom is 0.258 e. The van der Waals surface area contributed by atoms with E-state index in [1.807, 2.05) is 25.3 Å². The van der Waals surface area contributed by atoms with Gasteiger partial charge < -0.3 is 9.55 Å². The van der Waals surface area contributed by atoms with Crippen molar-refractivity contribution in [2.45, 2.75) is 51.2 Å². The van der Waals surface area contributed by atoms with Crippen molar-refractivity contribution in [3.05, 3.63) is 24.2 Å². The van der Waals surface area contributed by atoms with Crippen molar-refractivity contribution >= 4 is 10.0 Å². The molecule has 0 aliphatic heterocycles. The molecule has 0 radical (unpaired) electrons. The number of aromatic amines is 1. The van der Waals surface area contributed by atoms with E-state index in [0.29, 0.717) is 18.1 Å². The molecule has 1 unspecified atom stereocenters. The van der Waals surface area contributed by atoms with Gasteiger partial charge in [-0.25, -0.2) is 13.4 Å². The van der Waals surface area contributed by atoms with Crippen LogP contribution in [0.5, 0.6) is 0 Å². The number of aryl methyl sites for hydroxylation is 1. The van der Waals surface area contributed by atoms with E-state index in [2.05, 4.69) is 24.9 Å². The van der Waals surface area contributed by atoms with Gasteiger partial charge in [0, 0.05) is 12.5 Å². The maximum absolute atomic E-state index is 12.3. The van der Waals surface area contributed by atoms with Gasteiger partial charge in [-0.05, 0) is 20.8 Å². The molecule has 0 saturated heterocycles. The van der Waals surface area contributed by atoms with Crippen molar-refractivity contribution in [3.8, 4) is 0 Å². The third kappa shape index (κ3) is 3.30. The Balaban J connectivity index is 2.21. The number of sulfonamides is 1. The van der Waals surface area contributed by atoms with Gasteiger partial charge in [0.2, 0.25) is 0 Å². The Morgan fingerprint density at radius 3 is 2.67 bits per heavy atom. The zero-order valence-electron chi connectivity index (χ0n) is 12.5. The van der Waals surface area contributed by atoms with Gasteiger partial charge in [0.1, 0.15) is 12.2 Å². The minimum Gasteiger partial charge on any atom is -0.332 e. The third-order valence-corrected chi connectivity index (χ3v) is 4.56. The van der Waals surface area contributed by atoms with E-state index in [4.69, 9.17) is 0 Å². The first-order valence-electron chi connectivity index (χ1n) is 6.80. The maximum atomic E-state index is 12.3. The smallest absolute Gasteiger partial charge is 0.258 e. The quantitative estimate of drug-likeness (QED) is 0.833. The standard InChI is InChI=1S/C12H20N6O2S/c1-5-10-13-6-11(15-10)21(19,20)17-9(4)12-16-14-7-18(12)8(2)3/h6-9,17H,5H2,1-4H3,(H,13,15). The third-order valence-electron chi connectivity index (χ3n) is 3.11. The molecule has 0 bridgehead atoms. The van der Waals surface area contributed by atoms with Gasteiger partial charge >= 0.3 is 0 Å². The molecule has 116 valence electrons. The predicted octanol–water partition coefficient (Wildman–Crippen LogP) is 1.18. The molecule has 2 N–H and O–H groups in total. The van der Waals surface area contributed by atoms with Crippen LogP contribution in [0.1, 0.15) is 51.4 Å². The van der Waals surface area contributed by atoms with E-state index in [1.165, 1.54) is 6.20 Å². The summed E-state index contributed by atoms with van der Waals surface area (Å²) in [6.07, 6.45) is 3.56. The van der Waals surface area contributed by atoms with Crippen molar-refractivity contribution in [2.24, 2.45) is 0 Å². The van der Waals surface area contributed by atoms with Crippen LogP contribution in [0.2, 0.25) is 0 Å². The van der Waals surface area contributed by atoms with Crippen molar-refractivity contribution in [1.29, 1.82) is 0 Å². The number of H-pyrrole nitrogens is 1. The molecule has 0 amide bonds. The predicted molar refractivity (Wildman–Crippen MR) is 77.1 cm³/mol. The number of rotatable bonds is 6. The van der Waals surface area contributed by atoms with E-state index in [-0.39, 0.29) is 11.1 Å². The number of hydrogen-bond donors (Lipinski definition) is 2. The molecule has 0 aliphatic rings. The lowest BCUT2D eigenvalue weighted by molar-refractivity contribution is 0.513. The second-order valence-electron chi connectivity index (χ2n) is 5.08. The molecule has 2 heterocycles. The summed E-state index contributed by atoms with van der Waals surface area (Å²) in [5, 5.41) is 7.90. The first kappa shape index (κ1) is 15.6. The van der Waals surface area contributed by atoms with Crippen LogP contribution in [0, 0.1) is 0 Å². The molecular weight excluding hydrogens is 292 g/mol. The van der Waals surface area contributed by atoms with Crippen LogP contribution < -0.4 is 4.72 Å². The van der Waals surface area contributed by atoms with E-state index in [1.54, 1.807) is 13.3 Å². The Kier molecular flexibility index (Phi) is 4.43. The molecule has 0 aromatic carbocycles. The number of aromatic nitrogens is 5. The molecule has 0 spiro atoms. The van der Waals surface area contributed by atoms with E-state index in [0.717, 1.165) is 0 Å². The molecule has 8 nitrogen and oxygen atoms in total. The van der Waals surface area contributed by atoms with Gasteiger partial charge in [0.15, 0.2) is 10.9 Å². The van der Waals surface area contributed by atoms with Gasteiger partial charge in [-0.15, -0.1) is 10.2 Å². The number of nitrogens with one attached hydrogen (secondary N) is 2. The molecule has 9 heteroatoms. The van der Waals surface area contributed by atoms with Gasteiger partial charge in [0.05, 0.1) is 12.2 Å². The molecule has 2 aromatic heterocycles. The van der Waals surface area contributed by atoms with Crippen molar-refractivity contribution in [1.82, 2.24) is 29.5 Å². The van der Waals surface area contributed by atoms with Gasteiger partial charge in [-0.1, -0.05) is 6.92 Å². The average molecular weight is 312 g/mol. The van der Waals surface area contributed by atoms with Crippen LogP contribution in [0.15, 0.2) is 17.6 Å². The molecule has 0 aliphatic carbocycles. The Morgan fingerprint density at radius 1 is 1.38 bits per heavy atom. The summed E-state index contributed by atoms with van der Waals surface area (Å²) < 4.78 is 29.0. The van der Waals surface area contributed by atoms with Crippen LogP contribution in [0.4, 0.5) is 0 Å². The second-order valence-corrected chi connectivity index (χ2v) is 6.76. The summed E-state index contributed by atoms with van der Waals surface area (Å²) >= 11 is 0. The fourth-order valence-electron chi connectivity index (χ4n) is 1.97. The lowest BCUT2D eigenvalue weighted by Gasteiger charge is -2.16. The highest BCUT2D eigenvalue weighted by Gasteiger charge is 2.23. The Labute approximate surface area is 124 Å².